The number of nitrogens with one attached hydrogen (secondary N) is 1. The zero-order valence-corrected chi connectivity index (χ0v) is 11.2. The van der Waals surface area contributed by atoms with Gasteiger partial charge in [0, 0.05) is 31.3 Å². The highest BCUT2D eigenvalue weighted by atomic mass is 19.1. The van der Waals surface area contributed by atoms with Crippen LogP contribution in [0, 0.1) is 21.7 Å². The molecule has 1 aromatic rings. The van der Waals surface area contributed by atoms with Crippen LogP contribution in [0.1, 0.15) is 19.8 Å². The Morgan fingerprint density at radius 3 is 2.70 bits per heavy atom. The molecule has 0 aromatic heterocycles. The summed E-state index contributed by atoms with van der Waals surface area (Å²) in [6.45, 7) is 4.04. The van der Waals surface area contributed by atoms with Crippen molar-refractivity contribution in [1.82, 2.24) is 4.90 Å². The van der Waals surface area contributed by atoms with E-state index >= 15 is 0 Å². The van der Waals surface area contributed by atoms with Gasteiger partial charge in [0.05, 0.1) is 4.92 Å². The van der Waals surface area contributed by atoms with E-state index in [-0.39, 0.29) is 5.69 Å². The summed E-state index contributed by atoms with van der Waals surface area (Å²) in [7, 11) is 0. The maximum atomic E-state index is 13.4. The van der Waals surface area contributed by atoms with E-state index < -0.39 is 22.2 Å². The van der Waals surface area contributed by atoms with Gasteiger partial charge in [0.2, 0.25) is 5.82 Å². The Kier molecular flexibility index (Phi) is 4.49. The third-order valence-electron chi connectivity index (χ3n) is 3.39. The van der Waals surface area contributed by atoms with Crippen LogP contribution < -0.4 is 5.32 Å². The van der Waals surface area contributed by atoms with Gasteiger partial charge in [-0.25, -0.2) is 4.39 Å². The topological polar surface area (TPSA) is 58.4 Å². The second-order valence-electron chi connectivity index (χ2n) is 4.83. The molecule has 1 fully saturated rings. The van der Waals surface area contributed by atoms with Crippen LogP contribution in [0.2, 0.25) is 0 Å². The summed E-state index contributed by atoms with van der Waals surface area (Å²) >= 11 is 0. The molecule has 0 spiro atoms. The van der Waals surface area contributed by atoms with Crippen LogP contribution >= 0.6 is 0 Å². The number of nitro benzene ring substituents is 1. The smallest absolute Gasteiger partial charge is 0.327 e. The van der Waals surface area contributed by atoms with Crippen LogP contribution in [0.15, 0.2) is 12.1 Å². The highest BCUT2D eigenvalue weighted by molar-refractivity contribution is 5.62. The number of nitro groups is 1. The molecule has 0 aliphatic heterocycles. The predicted molar refractivity (Wildman–Crippen MR) is 71.8 cm³/mol. The molecule has 0 bridgehead atoms. The highest BCUT2D eigenvalue weighted by Crippen LogP contribution is 2.29. The minimum atomic E-state index is -1.16. The van der Waals surface area contributed by atoms with E-state index in [1.165, 1.54) is 12.8 Å². The van der Waals surface area contributed by atoms with Crippen LogP contribution in [0.25, 0.3) is 0 Å². The highest BCUT2D eigenvalue weighted by Gasteiger charge is 2.27. The third-order valence-corrected chi connectivity index (χ3v) is 3.39. The lowest BCUT2D eigenvalue weighted by Crippen LogP contribution is -2.31. The van der Waals surface area contributed by atoms with Gasteiger partial charge in [-0.1, -0.05) is 6.92 Å². The summed E-state index contributed by atoms with van der Waals surface area (Å²) in [5.41, 5.74) is -0.819. The van der Waals surface area contributed by atoms with Crippen molar-refractivity contribution in [3.63, 3.8) is 0 Å². The summed E-state index contributed by atoms with van der Waals surface area (Å²) < 4.78 is 26.6. The Labute approximate surface area is 115 Å². The minimum Gasteiger partial charge on any atom is -0.378 e. The van der Waals surface area contributed by atoms with Crippen LogP contribution in [0.3, 0.4) is 0 Å². The molecule has 20 heavy (non-hydrogen) atoms. The molecule has 5 nitrogen and oxygen atoms in total. The molecular formula is C13H17F2N3O2. The van der Waals surface area contributed by atoms with Crippen LogP contribution in [0.4, 0.5) is 20.2 Å². The van der Waals surface area contributed by atoms with Crippen LogP contribution in [-0.4, -0.2) is 35.5 Å². The Bertz CT molecular complexity index is 507. The summed E-state index contributed by atoms with van der Waals surface area (Å²) in [5.74, 6) is -1.99. The molecular weight excluding hydrogens is 268 g/mol. The summed E-state index contributed by atoms with van der Waals surface area (Å²) in [4.78, 5) is 12.2. The molecule has 0 amide bonds. The molecule has 7 heteroatoms. The lowest BCUT2D eigenvalue weighted by atomic mass is 10.2. The standard InChI is InChI=1S/C13H17F2N3O2/c1-2-17(10-3-4-10)6-5-16-12-8-9(14)7-11(15)13(12)18(19)20/h7-8,10,16H,2-6H2,1H3. The van der Waals surface area contributed by atoms with Gasteiger partial charge < -0.3 is 5.32 Å². The average Bonchev–Trinajstić information content (AvgIpc) is 3.17. The minimum absolute atomic E-state index is 0.112. The number of likely N-dealkylation sites (N-methyl/N-ethyl adjacent to an activating group) is 1. The Morgan fingerprint density at radius 1 is 1.45 bits per heavy atom. The van der Waals surface area contributed by atoms with Crippen molar-refractivity contribution in [2.45, 2.75) is 25.8 Å². The monoisotopic (exact) mass is 285 g/mol. The number of rotatable bonds is 7. The van der Waals surface area contributed by atoms with Gasteiger partial charge in [0.15, 0.2) is 0 Å². The van der Waals surface area contributed by atoms with Crippen molar-refractivity contribution < 1.29 is 13.7 Å². The van der Waals surface area contributed by atoms with E-state index in [2.05, 4.69) is 10.2 Å². The van der Waals surface area contributed by atoms with Crippen molar-refractivity contribution in [1.29, 1.82) is 0 Å². The molecule has 110 valence electrons. The van der Waals surface area contributed by atoms with Crippen molar-refractivity contribution in [3.8, 4) is 0 Å². The van der Waals surface area contributed by atoms with Crippen LogP contribution in [0.5, 0.6) is 0 Å². The molecule has 2 rings (SSSR count). The molecule has 1 N–H and O–H groups in total. The number of nitrogens with zero attached hydrogens (tertiary/aromatic N) is 2. The van der Waals surface area contributed by atoms with Crippen molar-refractivity contribution in [2.75, 3.05) is 25.0 Å². The third kappa shape index (κ3) is 3.41. The van der Waals surface area contributed by atoms with E-state index in [4.69, 9.17) is 0 Å². The summed E-state index contributed by atoms with van der Waals surface area (Å²) in [5, 5.41) is 13.6. The van der Waals surface area contributed by atoms with E-state index in [9.17, 15) is 18.9 Å². The fourth-order valence-corrected chi connectivity index (χ4v) is 2.26. The van der Waals surface area contributed by atoms with Crippen molar-refractivity contribution >= 4 is 11.4 Å². The molecule has 1 aliphatic carbocycles. The van der Waals surface area contributed by atoms with Crippen molar-refractivity contribution in [2.24, 2.45) is 0 Å². The zero-order chi connectivity index (χ0) is 14.7. The predicted octanol–water partition coefficient (Wildman–Crippen LogP) is 2.77. The lowest BCUT2D eigenvalue weighted by Gasteiger charge is -2.20. The van der Waals surface area contributed by atoms with Gasteiger partial charge in [0.1, 0.15) is 11.5 Å². The molecule has 0 atom stereocenters. The number of anilines is 1. The Balaban J connectivity index is 2.02. The second-order valence-corrected chi connectivity index (χ2v) is 4.83. The van der Waals surface area contributed by atoms with E-state index in [1.807, 2.05) is 6.92 Å². The first kappa shape index (κ1) is 14.6. The summed E-state index contributed by atoms with van der Waals surface area (Å²) in [6.07, 6.45) is 2.34. The van der Waals surface area contributed by atoms with Crippen LogP contribution in [-0.2, 0) is 0 Å². The largest absolute Gasteiger partial charge is 0.378 e. The number of benzene rings is 1. The SMILES string of the molecule is CCN(CCNc1cc(F)cc(F)c1[N+](=O)[O-])C1CC1. The van der Waals surface area contributed by atoms with E-state index in [1.54, 1.807) is 0 Å². The van der Waals surface area contributed by atoms with Crippen molar-refractivity contribution in [3.05, 3.63) is 33.9 Å². The molecule has 0 radical (unpaired) electrons. The van der Waals surface area contributed by atoms with E-state index in [0.29, 0.717) is 25.2 Å². The first-order valence-corrected chi connectivity index (χ1v) is 6.64. The Morgan fingerprint density at radius 2 is 2.15 bits per heavy atom. The van der Waals surface area contributed by atoms with Gasteiger partial charge in [-0.05, 0) is 19.4 Å². The molecule has 1 aromatic carbocycles. The van der Waals surface area contributed by atoms with Gasteiger partial charge >= 0.3 is 5.69 Å². The van der Waals surface area contributed by atoms with Gasteiger partial charge in [-0.2, -0.15) is 4.39 Å². The second kappa shape index (κ2) is 6.13. The average molecular weight is 285 g/mol. The normalized spacial score (nSPS) is 14.6. The molecule has 0 heterocycles. The first-order chi connectivity index (χ1) is 9.52. The summed E-state index contributed by atoms with van der Waals surface area (Å²) in [6, 6.07) is 2.06. The molecule has 0 saturated heterocycles. The van der Waals surface area contributed by atoms with E-state index in [0.717, 1.165) is 12.6 Å². The van der Waals surface area contributed by atoms with Gasteiger partial charge in [-0.15, -0.1) is 0 Å². The fraction of sp³-hybridized carbons (Fsp3) is 0.538. The lowest BCUT2D eigenvalue weighted by molar-refractivity contribution is -0.386. The number of hydrogen-bond acceptors (Lipinski definition) is 4. The quantitative estimate of drug-likeness (QED) is 0.618. The van der Waals surface area contributed by atoms with Gasteiger partial charge in [0.25, 0.3) is 0 Å². The van der Waals surface area contributed by atoms with Gasteiger partial charge in [-0.3, -0.25) is 15.0 Å². The fourth-order valence-electron chi connectivity index (χ4n) is 2.26. The molecule has 1 saturated carbocycles. The maximum Gasteiger partial charge on any atom is 0.327 e. The zero-order valence-electron chi connectivity index (χ0n) is 11.2. The maximum absolute atomic E-state index is 13.4. The number of halogens is 2. The molecule has 0 unspecified atom stereocenters. The number of hydrogen-bond donors (Lipinski definition) is 1. The first-order valence-electron chi connectivity index (χ1n) is 6.64. The molecule has 1 aliphatic rings. The Hall–Kier alpha value is -1.76.